The number of primary amides is 1. The number of hydrogen-bond donors (Lipinski definition) is 2. The van der Waals surface area contributed by atoms with Crippen LogP contribution in [-0.2, 0) is 4.74 Å². The average molecular weight is 387 g/mol. The molecule has 2 atom stereocenters. The zero-order valence-electron chi connectivity index (χ0n) is 14.5. The number of hydrogen-bond acceptors (Lipinski definition) is 6. The van der Waals surface area contributed by atoms with Crippen LogP contribution in [0.1, 0.15) is 25.7 Å². The summed E-state index contributed by atoms with van der Waals surface area (Å²) in [6.45, 7) is 0. The minimum absolute atomic E-state index is 0.0982. The summed E-state index contributed by atoms with van der Waals surface area (Å²) in [5.41, 5.74) is 7.50. The summed E-state index contributed by atoms with van der Waals surface area (Å²) in [6, 6.07) is 5.91. The Kier molecular flexibility index (Phi) is 4.81. The maximum atomic E-state index is 11.0. The first-order valence-corrected chi connectivity index (χ1v) is 9.16. The molecule has 0 saturated heterocycles. The van der Waals surface area contributed by atoms with Crippen LogP contribution < -0.4 is 11.1 Å². The summed E-state index contributed by atoms with van der Waals surface area (Å²) < 4.78 is 6.91. The monoisotopic (exact) mass is 386 g/mol. The van der Waals surface area contributed by atoms with Crippen LogP contribution in [0.3, 0.4) is 0 Å². The Morgan fingerprint density at radius 2 is 2.22 bits per heavy atom. The molecule has 1 aliphatic carbocycles. The third kappa shape index (κ3) is 3.80. The van der Waals surface area contributed by atoms with E-state index >= 15 is 0 Å². The van der Waals surface area contributed by atoms with Crippen molar-refractivity contribution in [3.8, 4) is 11.3 Å². The number of halogens is 1. The summed E-state index contributed by atoms with van der Waals surface area (Å²) in [5, 5.41) is 8.11. The number of carbonyl (C=O) groups excluding carboxylic acids is 1. The minimum Gasteiger partial charge on any atom is -0.446 e. The van der Waals surface area contributed by atoms with Crippen LogP contribution in [0.25, 0.3) is 16.8 Å². The van der Waals surface area contributed by atoms with Gasteiger partial charge in [-0.25, -0.2) is 19.3 Å². The number of pyridine rings is 1. The third-order valence-corrected chi connectivity index (χ3v) is 4.94. The second-order valence-corrected chi connectivity index (χ2v) is 6.95. The molecule has 3 aromatic rings. The molecule has 0 spiro atoms. The van der Waals surface area contributed by atoms with Gasteiger partial charge >= 0.3 is 6.09 Å². The van der Waals surface area contributed by atoms with E-state index in [0.717, 1.165) is 30.3 Å². The van der Waals surface area contributed by atoms with Crippen molar-refractivity contribution in [1.82, 2.24) is 19.6 Å². The maximum absolute atomic E-state index is 11.0. The molecule has 3 N–H and O–H groups in total. The average Bonchev–Trinajstić information content (AvgIpc) is 3.07. The molecule has 3 heterocycles. The van der Waals surface area contributed by atoms with Crippen LogP contribution in [0.4, 0.5) is 10.7 Å². The molecule has 1 fully saturated rings. The van der Waals surface area contributed by atoms with Crippen molar-refractivity contribution < 1.29 is 9.53 Å². The number of nitrogens with one attached hydrogen (secondary N) is 1. The van der Waals surface area contributed by atoms with Crippen molar-refractivity contribution in [3.05, 3.63) is 41.8 Å². The number of aromatic nitrogens is 4. The van der Waals surface area contributed by atoms with Gasteiger partial charge in [-0.1, -0.05) is 17.7 Å². The van der Waals surface area contributed by atoms with Gasteiger partial charge in [0.05, 0.1) is 28.6 Å². The predicted molar refractivity (Wildman–Crippen MR) is 102 cm³/mol. The molecule has 3 aromatic heterocycles. The van der Waals surface area contributed by atoms with Gasteiger partial charge in [-0.3, -0.25) is 0 Å². The Labute approximate surface area is 160 Å². The fraction of sp³-hybridized carbons (Fsp3) is 0.333. The van der Waals surface area contributed by atoms with Crippen LogP contribution in [0.15, 0.2) is 36.8 Å². The number of ether oxygens (including phenoxy) is 1. The molecule has 4 rings (SSSR count). The van der Waals surface area contributed by atoms with Crippen molar-refractivity contribution in [2.24, 2.45) is 5.73 Å². The summed E-state index contributed by atoms with van der Waals surface area (Å²) in [6.07, 6.45) is 7.63. The topological polar surface area (TPSA) is 107 Å². The summed E-state index contributed by atoms with van der Waals surface area (Å²) in [4.78, 5) is 19.9. The standard InChI is InChI=1S/C18H19ClN6O2/c19-14-10-21-18(23-11-4-3-5-12(8-11)27-17(20)26)24-16(14)13-9-22-25-7-2-1-6-15(13)25/h1-2,6-7,9-12H,3-5,8H2,(H2,20,26)(H,21,23,24)/t11-,12+/m1/s1. The number of nitrogens with zero attached hydrogens (tertiary/aromatic N) is 4. The van der Waals surface area contributed by atoms with E-state index in [1.165, 1.54) is 0 Å². The highest BCUT2D eigenvalue weighted by molar-refractivity contribution is 6.33. The van der Waals surface area contributed by atoms with E-state index < -0.39 is 6.09 Å². The summed E-state index contributed by atoms with van der Waals surface area (Å²) in [7, 11) is 0. The van der Waals surface area contributed by atoms with Gasteiger partial charge in [-0.15, -0.1) is 0 Å². The highest BCUT2D eigenvalue weighted by Crippen LogP contribution is 2.30. The number of fused-ring (bicyclic) bond motifs is 1. The summed E-state index contributed by atoms with van der Waals surface area (Å²) in [5.74, 6) is 0.481. The Balaban J connectivity index is 1.57. The van der Waals surface area contributed by atoms with Crippen molar-refractivity contribution >= 4 is 29.2 Å². The van der Waals surface area contributed by atoms with Crippen molar-refractivity contribution in [2.45, 2.75) is 37.8 Å². The predicted octanol–water partition coefficient (Wildman–Crippen LogP) is 3.26. The van der Waals surface area contributed by atoms with Gasteiger partial charge in [0.2, 0.25) is 5.95 Å². The van der Waals surface area contributed by atoms with E-state index in [4.69, 9.17) is 22.1 Å². The second-order valence-electron chi connectivity index (χ2n) is 6.55. The van der Waals surface area contributed by atoms with E-state index in [2.05, 4.69) is 20.4 Å². The molecule has 1 amide bonds. The molecule has 0 bridgehead atoms. The first-order valence-electron chi connectivity index (χ1n) is 8.78. The fourth-order valence-electron chi connectivity index (χ4n) is 3.47. The third-order valence-electron chi connectivity index (χ3n) is 4.67. The fourth-order valence-corrected chi connectivity index (χ4v) is 3.67. The van der Waals surface area contributed by atoms with Crippen LogP contribution in [-0.4, -0.2) is 37.8 Å². The van der Waals surface area contributed by atoms with E-state index in [1.54, 1.807) is 16.9 Å². The number of nitrogens with two attached hydrogens (primary N) is 1. The SMILES string of the molecule is NC(=O)O[C@H]1CCC[C@@H](Nc2ncc(Cl)c(-c3cnn4ccccc34)n2)C1. The smallest absolute Gasteiger partial charge is 0.404 e. The number of rotatable bonds is 4. The van der Waals surface area contributed by atoms with E-state index in [0.29, 0.717) is 23.1 Å². The molecule has 1 aliphatic rings. The lowest BCUT2D eigenvalue weighted by molar-refractivity contribution is 0.0796. The van der Waals surface area contributed by atoms with Crippen LogP contribution in [0, 0.1) is 0 Å². The highest BCUT2D eigenvalue weighted by Gasteiger charge is 2.25. The Morgan fingerprint density at radius 1 is 1.33 bits per heavy atom. The number of anilines is 1. The molecule has 0 aliphatic heterocycles. The quantitative estimate of drug-likeness (QED) is 0.712. The van der Waals surface area contributed by atoms with Gasteiger partial charge in [0.25, 0.3) is 0 Å². The first kappa shape index (κ1) is 17.5. The Bertz CT molecular complexity index is 975. The zero-order chi connectivity index (χ0) is 18.8. The van der Waals surface area contributed by atoms with Crippen molar-refractivity contribution in [2.75, 3.05) is 5.32 Å². The molecule has 0 unspecified atom stereocenters. The molecule has 0 aromatic carbocycles. The first-order chi connectivity index (χ1) is 13.1. The summed E-state index contributed by atoms with van der Waals surface area (Å²) >= 11 is 6.35. The van der Waals surface area contributed by atoms with Gasteiger partial charge in [-0.05, 0) is 31.4 Å². The Hall–Kier alpha value is -2.87. The molecule has 8 nitrogen and oxygen atoms in total. The van der Waals surface area contributed by atoms with E-state index in [1.807, 2.05) is 24.4 Å². The minimum atomic E-state index is -0.737. The molecular formula is C18H19ClN6O2. The van der Waals surface area contributed by atoms with Crippen LogP contribution in [0.2, 0.25) is 5.02 Å². The van der Waals surface area contributed by atoms with Crippen molar-refractivity contribution in [1.29, 1.82) is 0 Å². The number of carbonyl (C=O) groups is 1. The normalized spacial score (nSPS) is 19.7. The lowest BCUT2D eigenvalue weighted by Gasteiger charge is -2.29. The highest BCUT2D eigenvalue weighted by atomic mass is 35.5. The van der Waals surface area contributed by atoms with Gasteiger partial charge < -0.3 is 15.8 Å². The van der Waals surface area contributed by atoms with Crippen LogP contribution >= 0.6 is 11.6 Å². The lowest BCUT2D eigenvalue weighted by Crippen LogP contribution is -2.34. The van der Waals surface area contributed by atoms with Crippen molar-refractivity contribution in [3.63, 3.8) is 0 Å². The van der Waals surface area contributed by atoms with Crippen LogP contribution in [0.5, 0.6) is 0 Å². The molecule has 0 radical (unpaired) electrons. The molecular weight excluding hydrogens is 368 g/mol. The van der Waals surface area contributed by atoms with E-state index in [9.17, 15) is 4.79 Å². The zero-order valence-corrected chi connectivity index (χ0v) is 15.3. The molecule has 1 saturated carbocycles. The van der Waals surface area contributed by atoms with E-state index in [-0.39, 0.29) is 12.1 Å². The largest absolute Gasteiger partial charge is 0.446 e. The molecule has 27 heavy (non-hydrogen) atoms. The van der Waals surface area contributed by atoms with Gasteiger partial charge in [0, 0.05) is 24.2 Å². The molecule has 140 valence electrons. The maximum Gasteiger partial charge on any atom is 0.404 e. The lowest BCUT2D eigenvalue weighted by atomic mass is 9.93. The molecule has 9 heteroatoms. The van der Waals surface area contributed by atoms with Gasteiger partial charge in [0.15, 0.2) is 0 Å². The Morgan fingerprint density at radius 3 is 3.07 bits per heavy atom. The number of amides is 1. The van der Waals surface area contributed by atoms with Gasteiger partial charge in [0.1, 0.15) is 6.10 Å². The van der Waals surface area contributed by atoms with Gasteiger partial charge in [-0.2, -0.15) is 5.10 Å². The second kappa shape index (κ2) is 7.40.